The molecule has 3 aliphatic rings. The van der Waals surface area contributed by atoms with E-state index in [1.807, 2.05) is 17.5 Å². The standard InChI is InChI=1S/C40H43N11O6/c1-23-18-27(45-40(56)46-29-21-41-31-16-17-43-51(31)36(29)24-8-4-2-5-9-24)20-42-35(23)37-48-34(57-49-37)11-7-3-6-10-32(52)44-26-12-13-28-25(19-26)22-50(39(28)55)30-14-15-33(53)47-38(30)54/h12-13,16-21,24,30H,2-11,14-15,22H2,1H3,(H,44,52)(H2,45,46,56)(H,47,53,54). The molecule has 57 heavy (non-hydrogen) atoms. The molecule has 2 aliphatic heterocycles. The van der Waals surface area contributed by atoms with Crippen LogP contribution in [-0.2, 0) is 27.3 Å². The number of unbranched alkanes of at least 4 members (excludes halogenated alkanes) is 2. The number of fused-ring (bicyclic) bond motifs is 2. The van der Waals surface area contributed by atoms with Crippen LogP contribution in [0.25, 0.3) is 17.2 Å². The smallest absolute Gasteiger partial charge is 0.323 e. The SMILES string of the molecule is Cc1cc(NC(=O)Nc2cnc3ccnn3c2C2CCCCC2)cnc1-c1noc(CCCCCC(=O)Nc2ccc3c(c2)CN(C2CCC(=O)NC2=O)C3=O)n1. The third kappa shape index (κ3) is 8.22. The van der Waals surface area contributed by atoms with Crippen LogP contribution in [0.3, 0.4) is 0 Å². The molecule has 1 saturated carbocycles. The normalized spacial score (nSPS) is 17.1. The summed E-state index contributed by atoms with van der Waals surface area (Å²) >= 11 is 0. The Labute approximate surface area is 327 Å². The highest BCUT2D eigenvalue weighted by Gasteiger charge is 2.39. The Balaban J connectivity index is 0.786. The molecule has 294 valence electrons. The molecule has 5 aromatic rings. The largest absolute Gasteiger partial charge is 0.339 e. The van der Waals surface area contributed by atoms with E-state index in [9.17, 15) is 24.0 Å². The first kappa shape index (κ1) is 37.4. The fraction of sp³-hybridized carbons (Fsp3) is 0.400. The summed E-state index contributed by atoms with van der Waals surface area (Å²) in [6.07, 6.45) is 14.0. The van der Waals surface area contributed by atoms with Crippen LogP contribution in [0.5, 0.6) is 0 Å². The molecule has 1 atom stereocenters. The van der Waals surface area contributed by atoms with Crippen molar-refractivity contribution in [2.75, 3.05) is 16.0 Å². The van der Waals surface area contributed by atoms with Crippen LogP contribution in [0.15, 0.2) is 53.4 Å². The fourth-order valence-electron chi connectivity index (χ4n) is 7.98. The Bertz CT molecular complexity index is 2360. The molecule has 4 aromatic heterocycles. The van der Waals surface area contributed by atoms with Gasteiger partial charge in [0.2, 0.25) is 29.4 Å². The summed E-state index contributed by atoms with van der Waals surface area (Å²) in [4.78, 5) is 77.7. The third-order valence-electron chi connectivity index (χ3n) is 10.8. The number of imide groups is 1. The Morgan fingerprint density at radius 3 is 2.61 bits per heavy atom. The minimum Gasteiger partial charge on any atom is -0.339 e. The van der Waals surface area contributed by atoms with E-state index in [1.54, 1.807) is 42.9 Å². The van der Waals surface area contributed by atoms with Crippen molar-refractivity contribution in [1.82, 2.24) is 39.9 Å². The second-order valence-corrected chi connectivity index (χ2v) is 14.9. The number of carbonyl (C=O) groups excluding carboxylic acids is 5. The van der Waals surface area contributed by atoms with E-state index in [4.69, 9.17) is 4.52 Å². The van der Waals surface area contributed by atoms with Crippen molar-refractivity contribution < 1.29 is 28.5 Å². The number of piperidine rings is 1. The number of anilines is 3. The van der Waals surface area contributed by atoms with Gasteiger partial charge in [0.15, 0.2) is 5.65 Å². The van der Waals surface area contributed by atoms with Gasteiger partial charge in [0.25, 0.3) is 5.91 Å². The molecule has 0 spiro atoms. The Morgan fingerprint density at radius 2 is 1.79 bits per heavy atom. The molecule has 8 rings (SSSR count). The number of nitrogens with one attached hydrogen (secondary N) is 4. The lowest BCUT2D eigenvalue weighted by molar-refractivity contribution is -0.137. The summed E-state index contributed by atoms with van der Waals surface area (Å²) in [7, 11) is 0. The van der Waals surface area contributed by atoms with Gasteiger partial charge in [0.1, 0.15) is 11.7 Å². The lowest BCUT2D eigenvalue weighted by Gasteiger charge is -2.29. The number of amides is 6. The molecule has 0 radical (unpaired) electrons. The number of carbonyl (C=O) groups is 5. The van der Waals surface area contributed by atoms with Gasteiger partial charge < -0.3 is 25.4 Å². The number of hydrogen-bond donors (Lipinski definition) is 4. The quantitative estimate of drug-likeness (QED) is 0.0893. The first-order chi connectivity index (χ1) is 27.7. The molecule has 1 saturated heterocycles. The van der Waals surface area contributed by atoms with E-state index in [0.29, 0.717) is 65.7 Å². The summed E-state index contributed by atoms with van der Waals surface area (Å²) in [6, 6.07) is 7.67. The number of hydrogen-bond acceptors (Lipinski definition) is 11. The van der Waals surface area contributed by atoms with Gasteiger partial charge in [-0.15, -0.1) is 0 Å². The molecular formula is C40H43N11O6. The van der Waals surface area contributed by atoms with E-state index in [1.165, 1.54) is 11.3 Å². The van der Waals surface area contributed by atoms with Crippen molar-refractivity contribution in [2.24, 2.45) is 0 Å². The van der Waals surface area contributed by atoms with Gasteiger partial charge >= 0.3 is 6.03 Å². The number of aryl methyl sites for hydroxylation is 2. The van der Waals surface area contributed by atoms with Gasteiger partial charge in [-0.1, -0.05) is 30.8 Å². The average Bonchev–Trinajstić information content (AvgIpc) is 3.94. The second-order valence-electron chi connectivity index (χ2n) is 14.9. The van der Waals surface area contributed by atoms with Crippen molar-refractivity contribution in [2.45, 2.75) is 102 Å². The first-order valence-corrected chi connectivity index (χ1v) is 19.5. The number of rotatable bonds is 12. The maximum absolute atomic E-state index is 13.1. The van der Waals surface area contributed by atoms with Crippen LogP contribution in [0, 0.1) is 6.92 Å². The van der Waals surface area contributed by atoms with Gasteiger partial charge in [0, 0.05) is 49.0 Å². The maximum atomic E-state index is 13.1. The monoisotopic (exact) mass is 773 g/mol. The van der Waals surface area contributed by atoms with Crippen LogP contribution in [0.1, 0.15) is 110 Å². The predicted octanol–water partition coefficient (Wildman–Crippen LogP) is 5.68. The zero-order chi connectivity index (χ0) is 39.5. The summed E-state index contributed by atoms with van der Waals surface area (Å²) in [5, 5.41) is 19.7. The van der Waals surface area contributed by atoms with Crippen LogP contribution in [0.4, 0.5) is 21.9 Å². The predicted molar refractivity (Wildman–Crippen MR) is 207 cm³/mol. The van der Waals surface area contributed by atoms with Crippen molar-refractivity contribution in [1.29, 1.82) is 0 Å². The molecule has 6 amide bonds. The highest BCUT2D eigenvalue weighted by atomic mass is 16.5. The van der Waals surface area contributed by atoms with E-state index >= 15 is 0 Å². The zero-order valence-electron chi connectivity index (χ0n) is 31.5. The van der Waals surface area contributed by atoms with E-state index < -0.39 is 18.0 Å². The van der Waals surface area contributed by atoms with Crippen molar-refractivity contribution >= 4 is 52.4 Å². The second kappa shape index (κ2) is 16.3. The minimum absolute atomic E-state index is 0.143. The number of pyridine rings is 1. The molecule has 1 aromatic carbocycles. The van der Waals surface area contributed by atoms with Gasteiger partial charge in [-0.2, -0.15) is 10.1 Å². The molecule has 2 fully saturated rings. The van der Waals surface area contributed by atoms with Gasteiger partial charge in [0.05, 0.1) is 35.7 Å². The Kier molecular flexibility index (Phi) is 10.7. The molecule has 1 unspecified atom stereocenters. The average molecular weight is 774 g/mol. The number of nitrogens with zero attached hydrogens (tertiary/aromatic N) is 7. The molecule has 1 aliphatic carbocycles. The molecule has 0 bridgehead atoms. The Morgan fingerprint density at radius 1 is 0.930 bits per heavy atom. The van der Waals surface area contributed by atoms with Crippen LogP contribution in [0.2, 0.25) is 0 Å². The Hall–Kier alpha value is -6.52. The zero-order valence-corrected chi connectivity index (χ0v) is 31.5. The van der Waals surface area contributed by atoms with Crippen molar-refractivity contribution in [3.63, 3.8) is 0 Å². The van der Waals surface area contributed by atoms with Gasteiger partial charge in [-0.25, -0.2) is 14.3 Å². The fourth-order valence-corrected chi connectivity index (χ4v) is 7.98. The maximum Gasteiger partial charge on any atom is 0.323 e. The van der Waals surface area contributed by atoms with Crippen LogP contribution in [-0.4, -0.2) is 70.3 Å². The lowest BCUT2D eigenvalue weighted by Crippen LogP contribution is -2.52. The molecule has 17 nitrogen and oxygen atoms in total. The highest BCUT2D eigenvalue weighted by Crippen LogP contribution is 2.36. The lowest BCUT2D eigenvalue weighted by atomic mass is 9.86. The number of benzene rings is 1. The van der Waals surface area contributed by atoms with Crippen LogP contribution >= 0.6 is 0 Å². The molecule has 6 heterocycles. The first-order valence-electron chi connectivity index (χ1n) is 19.5. The van der Waals surface area contributed by atoms with Crippen molar-refractivity contribution in [3.8, 4) is 11.5 Å². The van der Waals surface area contributed by atoms with Crippen LogP contribution < -0.4 is 21.3 Å². The van der Waals surface area contributed by atoms with E-state index in [-0.39, 0.29) is 36.6 Å². The molecular weight excluding hydrogens is 731 g/mol. The molecule has 17 heteroatoms. The number of aromatic nitrogens is 6. The number of urea groups is 1. The summed E-state index contributed by atoms with van der Waals surface area (Å²) < 4.78 is 7.32. The van der Waals surface area contributed by atoms with Crippen molar-refractivity contribution in [3.05, 3.63) is 77.2 Å². The summed E-state index contributed by atoms with van der Waals surface area (Å²) in [5.74, 6) is -0.0896. The van der Waals surface area contributed by atoms with Gasteiger partial charge in [-0.05, 0) is 74.4 Å². The van der Waals surface area contributed by atoms with E-state index in [2.05, 4.69) is 46.5 Å². The highest BCUT2D eigenvalue weighted by molar-refractivity contribution is 6.06. The minimum atomic E-state index is -0.690. The third-order valence-corrected chi connectivity index (χ3v) is 10.8. The van der Waals surface area contributed by atoms with Gasteiger partial charge in [-0.3, -0.25) is 29.5 Å². The topological polar surface area (TPSA) is 219 Å². The summed E-state index contributed by atoms with van der Waals surface area (Å²) in [5.41, 5.74) is 5.96. The summed E-state index contributed by atoms with van der Waals surface area (Å²) in [6.45, 7) is 2.10. The van der Waals surface area contributed by atoms with E-state index in [0.717, 1.165) is 61.0 Å². The molecule has 4 N–H and O–H groups in total.